The molecule has 0 saturated carbocycles. The number of aryl methyl sites for hydroxylation is 1. The summed E-state index contributed by atoms with van der Waals surface area (Å²) in [6, 6.07) is 2.84. The minimum Gasteiger partial charge on any atom is -0.387 e. The fraction of sp³-hybridized carbons (Fsp3) is 0.500. The van der Waals surface area contributed by atoms with E-state index in [1.165, 1.54) is 33.7 Å². The molecule has 5 rings (SSSR count). The number of carbonyl (C=O) groups is 1. The van der Waals surface area contributed by atoms with E-state index in [1.807, 2.05) is 0 Å². The Morgan fingerprint density at radius 3 is 2.29 bits per heavy atom. The van der Waals surface area contributed by atoms with Gasteiger partial charge in [0.25, 0.3) is 12.1 Å². The predicted molar refractivity (Wildman–Crippen MR) is 144 cm³/mol. The summed E-state index contributed by atoms with van der Waals surface area (Å²) in [6.07, 6.45) is -8.08. The van der Waals surface area contributed by atoms with Crippen LogP contribution < -0.4 is 16.0 Å². The lowest BCUT2D eigenvalue weighted by Gasteiger charge is -2.20. The molecule has 23 heteroatoms. The Hall–Kier alpha value is -3.01. The average molecular weight is 678 g/mol. The monoisotopic (exact) mass is 678 g/mol. The molecule has 2 aliphatic heterocycles. The number of amides is 1. The van der Waals surface area contributed by atoms with E-state index in [1.54, 1.807) is 6.92 Å². The van der Waals surface area contributed by atoms with Crippen LogP contribution in [-0.4, -0.2) is 105 Å². The summed E-state index contributed by atoms with van der Waals surface area (Å²) in [7, 11) is -10.8. The molecule has 3 aromatic heterocycles. The Bertz CT molecular complexity index is 1680. The second-order valence-electron chi connectivity index (χ2n) is 10.1. The van der Waals surface area contributed by atoms with Crippen molar-refractivity contribution in [2.24, 2.45) is 5.73 Å². The zero-order chi connectivity index (χ0) is 32.8. The van der Waals surface area contributed by atoms with Gasteiger partial charge in [-0.05, 0) is 13.0 Å². The van der Waals surface area contributed by atoms with E-state index in [2.05, 4.69) is 19.3 Å². The highest BCUT2D eigenvalue weighted by molar-refractivity contribution is 7.61. The quantitative estimate of drug-likeness (QED) is 0.0755. The van der Waals surface area contributed by atoms with Crippen LogP contribution in [0.5, 0.6) is 0 Å². The van der Waals surface area contributed by atoms with E-state index in [9.17, 15) is 44.1 Å². The van der Waals surface area contributed by atoms with Crippen molar-refractivity contribution in [3.63, 3.8) is 0 Å². The molecule has 0 spiro atoms. The number of nitrogen functional groups attached to an aromatic ring is 1. The number of primary amides is 1. The molecule has 45 heavy (non-hydrogen) atoms. The van der Waals surface area contributed by atoms with Gasteiger partial charge in [0.1, 0.15) is 48.2 Å². The van der Waals surface area contributed by atoms with Crippen molar-refractivity contribution in [2.75, 3.05) is 18.9 Å². The van der Waals surface area contributed by atoms with Crippen molar-refractivity contribution in [1.82, 2.24) is 19.5 Å². The van der Waals surface area contributed by atoms with Gasteiger partial charge in [-0.2, -0.15) is 8.88 Å². The molecule has 246 valence electrons. The van der Waals surface area contributed by atoms with Crippen molar-refractivity contribution in [1.29, 1.82) is 0 Å². The molecule has 10 N–H and O–H groups in total. The SMILES string of the molecule is Cc1nc2c(N)ncnc2n1[C@@H]1O[C@H](COP(=O)(O)OP(=O)(O)OC[C@@H]2O[C@H]([n+]3cccc(C(N)=O)c3)[C@H](O)C2O)[C@H](O)C1O. The van der Waals surface area contributed by atoms with Gasteiger partial charge in [-0.25, -0.2) is 24.1 Å². The normalized spacial score (nSPS) is 31.2. The zero-order valence-electron chi connectivity index (χ0n) is 23.2. The number of pyridine rings is 1. The highest BCUT2D eigenvalue weighted by Gasteiger charge is 2.50. The molecule has 4 unspecified atom stereocenters. The van der Waals surface area contributed by atoms with Gasteiger partial charge in [0.15, 0.2) is 41.7 Å². The summed E-state index contributed by atoms with van der Waals surface area (Å²) in [5, 5.41) is 41.9. The number of nitrogens with two attached hydrogens (primary N) is 2. The maximum Gasteiger partial charge on any atom is 0.481 e. The van der Waals surface area contributed by atoms with E-state index in [-0.39, 0.29) is 28.4 Å². The Labute approximate surface area is 252 Å². The second kappa shape index (κ2) is 12.6. The van der Waals surface area contributed by atoms with Crippen LogP contribution in [0.1, 0.15) is 28.6 Å². The Balaban J connectivity index is 1.17. The number of nitrogens with zero attached hydrogens (tertiary/aromatic N) is 5. The van der Waals surface area contributed by atoms with Crippen molar-refractivity contribution < 1.29 is 71.5 Å². The van der Waals surface area contributed by atoms with Crippen LogP contribution in [0.25, 0.3) is 11.2 Å². The maximum atomic E-state index is 12.5. The molecular weight excluding hydrogens is 648 g/mol. The fourth-order valence-corrected chi connectivity index (χ4v) is 6.93. The minimum atomic E-state index is -5.38. The summed E-state index contributed by atoms with van der Waals surface area (Å²) in [4.78, 5) is 43.7. The molecule has 21 nitrogen and oxygen atoms in total. The Morgan fingerprint density at radius 2 is 1.64 bits per heavy atom. The number of aliphatic hydroxyl groups excluding tert-OH is 4. The number of hydrogen-bond acceptors (Lipinski definition) is 16. The summed E-state index contributed by atoms with van der Waals surface area (Å²) in [5.74, 6) is -0.418. The maximum absolute atomic E-state index is 12.5. The first-order valence-corrected chi connectivity index (χ1v) is 16.0. The van der Waals surface area contributed by atoms with Crippen molar-refractivity contribution in [2.45, 2.75) is 56.0 Å². The van der Waals surface area contributed by atoms with Gasteiger partial charge in [-0.3, -0.25) is 18.4 Å². The van der Waals surface area contributed by atoms with Crippen LogP contribution in [0, 0.1) is 6.92 Å². The molecule has 1 amide bonds. The number of imidazole rings is 1. The standard InChI is InChI=1S/C22H29N7O14P2/c1-9-27-13-18(23)25-8-26-20(13)29(9)22-17(33)15(31)12(42-22)7-40-45(37,38)43-44(35,36)39-6-11-14(30)16(32)21(41-11)28-4-2-3-10(5-28)19(24)34/h2-5,8,11-12,14-17,21-22,30-33H,6-7H2,1H3,(H5-,23,24,25,26,34,35,36,37,38)/p+1/t11-,12+,14?,15-,16+,17?,21-,22+/m0/s1. The molecular formula is C22H30N7O14P2+. The summed E-state index contributed by atoms with van der Waals surface area (Å²) < 4.78 is 52.3. The largest absolute Gasteiger partial charge is 0.481 e. The van der Waals surface area contributed by atoms with Gasteiger partial charge in [0.2, 0.25) is 0 Å². The third-order valence-corrected chi connectivity index (χ3v) is 9.62. The van der Waals surface area contributed by atoms with Crippen LogP contribution in [0.15, 0.2) is 30.9 Å². The third kappa shape index (κ3) is 6.91. The van der Waals surface area contributed by atoms with E-state index in [0.29, 0.717) is 0 Å². The van der Waals surface area contributed by atoms with E-state index in [0.717, 1.165) is 6.33 Å². The highest BCUT2D eigenvalue weighted by Crippen LogP contribution is 2.60. The van der Waals surface area contributed by atoms with Crippen LogP contribution in [0.2, 0.25) is 0 Å². The minimum absolute atomic E-state index is 0.0580. The number of aliphatic hydroxyl groups is 4. The topological polar surface area (TPSA) is 318 Å². The van der Waals surface area contributed by atoms with Crippen LogP contribution in [0.3, 0.4) is 0 Å². The summed E-state index contributed by atoms with van der Waals surface area (Å²) >= 11 is 0. The van der Waals surface area contributed by atoms with E-state index >= 15 is 0 Å². The fourth-order valence-electron chi connectivity index (χ4n) is 4.84. The number of phosphoric acid groups is 2. The van der Waals surface area contributed by atoms with E-state index < -0.39 is 83.8 Å². The molecule has 0 aromatic carbocycles. The van der Waals surface area contributed by atoms with Crippen molar-refractivity contribution in [3.05, 3.63) is 42.2 Å². The van der Waals surface area contributed by atoms with Crippen LogP contribution >= 0.6 is 15.6 Å². The molecule has 2 aliphatic rings. The number of carbonyl (C=O) groups excluding carboxylic acids is 1. The van der Waals surface area contributed by atoms with Crippen molar-refractivity contribution in [3.8, 4) is 0 Å². The molecule has 2 saturated heterocycles. The van der Waals surface area contributed by atoms with E-state index in [4.69, 9.17) is 30.0 Å². The number of phosphoric ester groups is 2. The van der Waals surface area contributed by atoms with Crippen LogP contribution in [-0.2, 0) is 32.0 Å². The number of ether oxygens (including phenoxy) is 2. The Morgan fingerprint density at radius 1 is 1.02 bits per heavy atom. The average Bonchev–Trinajstić information content (AvgIpc) is 3.56. The summed E-state index contributed by atoms with van der Waals surface area (Å²) in [5.41, 5.74) is 11.5. The first-order chi connectivity index (χ1) is 21.1. The summed E-state index contributed by atoms with van der Waals surface area (Å²) in [6.45, 7) is -0.243. The predicted octanol–water partition coefficient (Wildman–Crippen LogP) is -2.71. The third-order valence-electron chi connectivity index (χ3n) is 7.02. The first kappa shape index (κ1) is 33.4. The van der Waals surface area contributed by atoms with Crippen LogP contribution in [0.4, 0.5) is 5.82 Å². The number of aromatic nitrogens is 5. The lowest BCUT2D eigenvalue weighted by atomic mass is 10.1. The van der Waals surface area contributed by atoms with Crippen molar-refractivity contribution >= 4 is 38.5 Å². The van der Waals surface area contributed by atoms with Gasteiger partial charge in [-0.1, -0.05) is 0 Å². The molecule has 5 heterocycles. The molecule has 2 fully saturated rings. The van der Waals surface area contributed by atoms with Gasteiger partial charge >= 0.3 is 15.6 Å². The number of anilines is 1. The molecule has 0 bridgehead atoms. The lowest BCUT2D eigenvalue weighted by Crippen LogP contribution is -2.46. The first-order valence-electron chi connectivity index (χ1n) is 13.0. The van der Waals surface area contributed by atoms with Gasteiger partial charge < -0.3 is 51.2 Å². The number of fused-ring (bicyclic) bond motifs is 1. The second-order valence-corrected chi connectivity index (χ2v) is 13.1. The van der Waals surface area contributed by atoms with Gasteiger partial charge in [-0.15, -0.1) is 0 Å². The molecule has 3 aromatic rings. The Kier molecular flexibility index (Phi) is 9.38. The van der Waals surface area contributed by atoms with Gasteiger partial charge in [0, 0.05) is 6.07 Å². The number of rotatable bonds is 11. The molecule has 0 aliphatic carbocycles. The zero-order valence-corrected chi connectivity index (χ0v) is 24.9. The van der Waals surface area contributed by atoms with Gasteiger partial charge in [0.05, 0.1) is 13.2 Å². The molecule has 0 radical (unpaired) electrons. The lowest BCUT2D eigenvalue weighted by molar-refractivity contribution is -0.765. The highest BCUT2D eigenvalue weighted by atomic mass is 31.3. The molecule has 10 atom stereocenters. The number of hydrogen-bond donors (Lipinski definition) is 8. The smallest absolute Gasteiger partial charge is 0.387 e.